The van der Waals surface area contributed by atoms with E-state index < -0.39 is 29.9 Å². The number of hydrogen-bond acceptors (Lipinski definition) is 4. The molecule has 2 aromatic rings. The quantitative estimate of drug-likeness (QED) is 0.677. The Labute approximate surface area is 191 Å². The molecule has 3 N–H and O–H groups in total. The van der Waals surface area contributed by atoms with Gasteiger partial charge in [-0.25, -0.2) is 18.2 Å². The zero-order chi connectivity index (χ0) is 24.7. The van der Waals surface area contributed by atoms with Crippen LogP contribution < -0.4 is 11.1 Å². The van der Waals surface area contributed by atoms with E-state index in [-0.39, 0.29) is 47.9 Å². The third-order valence-electron chi connectivity index (χ3n) is 5.08. The van der Waals surface area contributed by atoms with Gasteiger partial charge in [-0.1, -0.05) is 33.8 Å². The van der Waals surface area contributed by atoms with Crippen LogP contribution in [-0.4, -0.2) is 28.7 Å². The first-order valence-corrected chi connectivity index (χ1v) is 10.8. The lowest BCUT2D eigenvalue weighted by atomic mass is 9.99. The van der Waals surface area contributed by atoms with Gasteiger partial charge in [0.2, 0.25) is 5.91 Å². The third-order valence-corrected chi connectivity index (χ3v) is 5.08. The number of carbonyl (C=O) groups is 2. The molecule has 0 saturated heterocycles. The van der Waals surface area contributed by atoms with Gasteiger partial charge in [0.05, 0.1) is 19.0 Å². The molecule has 6 nitrogen and oxygen atoms in total. The Bertz CT molecular complexity index is 1020. The molecule has 1 aliphatic heterocycles. The second-order valence-corrected chi connectivity index (χ2v) is 7.71. The molecule has 1 aliphatic rings. The largest absolute Gasteiger partial charge is 0.369 e. The van der Waals surface area contributed by atoms with E-state index in [1.807, 2.05) is 27.7 Å². The van der Waals surface area contributed by atoms with Crippen molar-refractivity contribution >= 4 is 17.8 Å². The standard InChI is InChI=1S/C22H23F3N4O2.C2H6/c1-12(2)19-9-20(30)29(22(26)28-19)11-13-6-14(8-15(23)7-13)21(31)27-10-16-17(24)4-3-5-18(16)25;1-2/h3-8,12,19H,9-11H2,1-2H3,(H2,26,28)(H,27,31);1-2H3. The van der Waals surface area contributed by atoms with Gasteiger partial charge in [0.1, 0.15) is 17.5 Å². The number of guanidine groups is 1. The zero-order valence-corrected chi connectivity index (χ0v) is 19.2. The van der Waals surface area contributed by atoms with E-state index in [1.165, 1.54) is 23.1 Å². The van der Waals surface area contributed by atoms with Crippen LogP contribution in [0.5, 0.6) is 0 Å². The van der Waals surface area contributed by atoms with E-state index in [4.69, 9.17) is 5.73 Å². The predicted octanol–water partition coefficient (Wildman–Crippen LogP) is 4.13. The Hall–Kier alpha value is -3.36. The van der Waals surface area contributed by atoms with E-state index in [1.54, 1.807) is 0 Å². The highest BCUT2D eigenvalue weighted by molar-refractivity contribution is 5.98. The topological polar surface area (TPSA) is 87.8 Å². The molecule has 0 bridgehead atoms. The minimum Gasteiger partial charge on any atom is -0.369 e. The number of nitrogens with two attached hydrogens (primary N) is 1. The average molecular weight is 463 g/mol. The number of halogens is 3. The molecule has 2 amide bonds. The highest BCUT2D eigenvalue weighted by atomic mass is 19.1. The van der Waals surface area contributed by atoms with Crippen LogP contribution in [0.15, 0.2) is 41.4 Å². The van der Waals surface area contributed by atoms with Crippen LogP contribution in [0, 0.1) is 23.4 Å². The van der Waals surface area contributed by atoms with Crippen LogP contribution in [-0.2, 0) is 17.9 Å². The van der Waals surface area contributed by atoms with E-state index in [0.717, 1.165) is 18.2 Å². The molecule has 3 rings (SSSR count). The van der Waals surface area contributed by atoms with Crippen molar-refractivity contribution < 1.29 is 22.8 Å². The van der Waals surface area contributed by atoms with Crippen molar-refractivity contribution in [2.45, 2.75) is 53.2 Å². The highest BCUT2D eigenvalue weighted by Gasteiger charge is 2.29. The summed E-state index contributed by atoms with van der Waals surface area (Å²) in [6.07, 6.45) is 0.190. The van der Waals surface area contributed by atoms with Crippen molar-refractivity contribution in [1.82, 2.24) is 10.2 Å². The summed E-state index contributed by atoms with van der Waals surface area (Å²) < 4.78 is 41.6. The monoisotopic (exact) mass is 462 g/mol. The van der Waals surface area contributed by atoms with E-state index in [0.29, 0.717) is 5.56 Å². The van der Waals surface area contributed by atoms with E-state index >= 15 is 0 Å². The normalized spacial score (nSPS) is 15.6. The van der Waals surface area contributed by atoms with Crippen LogP contribution in [0.25, 0.3) is 0 Å². The Kier molecular flexibility index (Phi) is 9.02. The first-order valence-electron chi connectivity index (χ1n) is 10.8. The average Bonchev–Trinajstić information content (AvgIpc) is 2.76. The summed E-state index contributed by atoms with van der Waals surface area (Å²) in [5, 5.41) is 2.38. The summed E-state index contributed by atoms with van der Waals surface area (Å²) in [6, 6.07) is 6.74. The first kappa shape index (κ1) is 25.9. The summed E-state index contributed by atoms with van der Waals surface area (Å²) in [6.45, 7) is 7.42. The number of hydrogen-bond donors (Lipinski definition) is 2. The fourth-order valence-corrected chi connectivity index (χ4v) is 3.28. The van der Waals surface area contributed by atoms with E-state index in [2.05, 4.69) is 10.3 Å². The number of rotatable bonds is 6. The lowest BCUT2D eigenvalue weighted by Crippen LogP contribution is -2.47. The summed E-state index contributed by atoms with van der Waals surface area (Å²) in [4.78, 5) is 30.5. The number of nitrogens with one attached hydrogen (secondary N) is 1. The van der Waals surface area contributed by atoms with Crippen molar-refractivity contribution in [2.24, 2.45) is 16.6 Å². The zero-order valence-electron chi connectivity index (χ0n) is 19.2. The van der Waals surface area contributed by atoms with Gasteiger partial charge in [0.25, 0.3) is 5.91 Å². The lowest BCUT2D eigenvalue weighted by molar-refractivity contribution is -0.129. The maximum absolute atomic E-state index is 14.1. The predicted molar refractivity (Wildman–Crippen MR) is 121 cm³/mol. The van der Waals surface area contributed by atoms with Crippen LogP contribution in [0.1, 0.15) is 55.6 Å². The molecule has 1 atom stereocenters. The van der Waals surface area contributed by atoms with Gasteiger partial charge in [-0.3, -0.25) is 14.5 Å². The minimum atomic E-state index is -0.793. The maximum atomic E-state index is 14.1. The minimum absolute atomic E-state index is 0.0419. The SMILES string of the molecule is CC.CC(C)C1CC(=O)N(Cc2cc(F)cc(C(=O)NCc3c(F)cccc3F)c2)C(N)=N1. The van der Waals surface area contributed by atoms with Crippen molar-refractivity contribution in [3.8, 4) is 0 Å². The molecule has 0 spiro atoms. The number of benzene rings is 2. The van der Waals surface area contributed by atoms with Crippen LogP contribution in [0.2, 0.25) is 0 Å². The van der Waals surface area contributed by atoms with Gasteiger partial charge in [-0.2, -0.15) is 0 Å². The number of amides is 2. The van der Waals surface area contributed by atoms with Crippen LogP contribution in [0.3, 0.4) is 0 Å². The summed E-state index contributed by atoms with van der Waals surface area (Å²) >= 11 is 0. The molecule has 9 heteroatoms. The second-order valence-electron chi connectivity index (χ2n) is 7.71. The van der Waals surface area contributed by atoms with Crippen molar-refractivity contribution in [2.75, 3.05) is 0 Å². The van der Waals surface area contributed by atoms with Crippen molar-refractivity contribution in [3.63, 3.8) is 0 Å². The Morgan fingerprint density at radius 3 is 2.39 bits per heavy atom. The lowest BCUT2D eigenvalue weighted by Gasteiger charge is -2.30. The number of carbonyl (C=O) groups excluding carboxylic acids is 2. The fourth-order valence-electron chi connectivity index (χ4n) is 3.28. The molecule has 178 valence electrons. The molecule has 1 unspecified atom stereocenters. The summed E-state index contributed by atoms with van der Waals surface area (Å²) in [5.74, 6) is -3.05. The summed E-state index contributed by atoms with van der Waals surface area (Å²) in [5.41, 5.74) is 5.92. The molecule has 2 aromatic carbocycles. The van der Waals surface area contributed by atoms with E-state index in [9.17, 15) is 22.8 Å². The molecular weight excluding hydrogens is 433 g/mol. The molecule has 0 aliphatic carbocycles. The van der Waals surface area contributed by atoms with Gasteiger partial charge in [0.15, 0.2) is 5.96 Å². The molecular formula is C24H29F3N4O2. The molecule has 0 saturated carbocycles. The second kappa shape index (κ2) is 11.5. The Balaban J connectivity index is 0.00000187. The highest BCUT2D eigenvalue weighted by Crippen LogP contribution is 2.20. The molecule has 1 heterocycles. The van der Waals surface area contributed by atoms with Gasteiger partial charge in [-0.15, -0.1) is 0 Å². The summed E-state index contributed by atoms with van der Waals surface area (Å²) in [7, 11) is 0. The fraction of sp³-hybridized carbons (Fsp3) is 0.375. The molecule has 0 aromatic heterocycles. The van der Waals surface area contributed by atoms with Gasteiger partial charge < -0.3 is 11.1 Å². The van der Waals surface area contributed by atoms with Crippen molar-refractivity contribution in [3.05, 3.63) is 70.5 Å². The maximum Gasteiger partial charge on any atom is 0.251 e. The molecule has 0 fully saturated rings. The van der Waals surface area contributed by atoms with Gasteiger partial charge in [0, 0.05) is 17.7 Å². The Morgan fingerprint density at radius 1 is 1.18 bits per heavy atom. The first-order chi connectivity index (χ1) is 15.7. The van der Waals surface area contributed by atoms with Crippen molar-refractivity contribution in [1.29, 1.82) is 0 Å². The van der Waals surface area contributed by atoms with Crippen LogP contribution in [0.4, 0.5) is 13.2 Å². The number of nitrogens with zero attached hydrogens (tertiary/aromatic N) is 2. The van der Waals surface area contributed by atoms with Gasteiger partial charge in [-0.05, 0) is 41.8 Å². The smallest absolute Gasteiger partial charge is 0.251 e. The molecule has 0 radical (unpaired) electrons. The number of aliphatic imine (C=N–C) groups is 1. The van der Waals surface area contributed by atoms with Crippen LogP contribution >= 0.6 is 0 Å². The molecule has 33 heavy (non-hydrogen) atoms. The third kappa shape index (κ3) is 6.57. The Morgan fingerprint density at radius 2 is 1.82 bits per heavy atom. The van der Waals surface area contributed by atoms with Gasteiger partial charge >= 0.3 is 0 Å².